The molecule has 0 aliphatic heterocycles. The normalized spacial score (nSPS) is 11.5. The Labute approximate surface area is 236 Å². The average Bonchev–Trinajstić information content (AvgIpc) is 3.39. The van der Waals surface area contributed by atoms with Crippen LogP contribution >= 0.6 is 27.3 Å². The highest BCUT2D eigenvalue weighted by Gasteiger charge is 2.23. The quantitative estimate of drug-likeness (QED) is 0.261. The number of nitrogens with zero attached hydrogens (tertiary/aromatic N) is 3. The van der Waals surface area contributed by atoms with Gasteiger partial charge in [0.15, 0.2) is 11.6 Å². The molecule has 2 amide bonds. The molecule has 208 valence electrons. The average molecular weight is 625 g/mol. The molecule has 3 aromatic rings. The number of nitrogens with one attached hydrogen (secondary N) is 1. The molecule has 39 heavy (non-hydrogen) atoms. The number of hydrogen-bond donors (Lipinski definition) is 1. The Balaban J connectivity index is 1.58. The number of amides is 2. The molecule has 0 unspecified atom stereocenters. The van der Waals surface area contributed by atoms with E-state index in [1.54, 1.807) is 0 Å². The highest BCUT2D eigenvalue weighted by molar-refractivity contribution is 9.10. The van der Waals surface area contributed by atoms with Crippen molar-refractivity contribution >= 4 is 50.4 Å². The van der Waals surface area contributed by atoms with Gasteiger partial charge in [0, 0.05) is 29.9 Å². The molecular weight excluding hydrogens is 598 g/mol. The van der Waals surface area contributed by atoms with Crippen molar-refractivity contribution < 1.29 is 32.6 Å². The first kappa shape index (κ1) is 30.1. The van der Waals surface area contributed by atoms with Crippen LogP contribution in [0, 0.1) is 11.6 Å². The summed E-state index contributed by atoms with van der Waals surface area (Å²) < 4.78 is 38.4. The summed E-state index contributed by atoms with van der Waals surface area (Å²) in [6, 6.07) is 10.7. The fourth-order valence-corrected chi connectivity index (χ4v) is 4.61. The molecule has 0 aliphatic carbocycles. The van der Waals surface area contributed by atoms with E-state index >= 15 is 0 Å². The van der Waals surface area contributed by atoms with Gasteiger partial charge in [0.25, 0.3) is 0 Å². The molecule has 1 atom stereocenters. The number of ether oxygens (including phenoxy) is 2. The molecule has 3 rings (SSSR count). The summed E-state index contributed by atoms with van der Waals surface area (Å²) in [5.74, 6) is -2.72. The molecule has 0 fully saturated rings. The Morgan fingerprint density at radius 2 is 1.85 bits per heavy atom. The van der Waals surface area contributed by atoms with Crippen molar-refractivity contribution in [3.63, 3.8) is 0 Å². The third-order valence-electron chi connectivity index (χ3n) is 5.86. The van der Waals surface area contributed by atoms with Gasteiger partial charge >= 0.3 is 12.1 Å². The number of esters is 1. The lowest BCUT2D eigenvalue weighted by molar-refractivity contribution is -0.140. The van der Waals surface area contributed by atoms with Crippen molar-refractivity contribution in [3.05, 3.63) is 64.1 Å². The first-order chi connectivity index (χ1) is 18.7. The van der Waals surface area contributed by atoms with E-state index in [0.717, 1.165) is 16.1 Å². The molecule has 0 saturated heterocycles. The molecule has 1 N–H and O–H groups in total. The number of rotatable bonds is 12. The molecular formula is C26H27BrF2N4O5S. The number of hydrogen-bond acceptors (Lipinski definition) is 8. The van der Waals surface area contributed by atoms with Crippen LogP contribution in [0.25, 0.3) is 10.6 Å². The number of benzene rings is 2. The topological polar surface area (TPSA) is 111 Å². The van der Waals surface area contributed by atoms with Gasteiger partial charge in [-0.15, -0.1) is 10.2 Å². The second kappa shape index (κ2) is 14.6. The maximum absolute atomic E-state index is 14.0. The summed E-state index contributed by atoms with van der Waals surface area (Å²) in [6.45, 7) is -0.165. The van der Waals surface area contributed by atoms with Gasteiger partial charge in [-0.25, -0.2) is 13.6 Å². The molecule has 1 aromatic heterocycles. The van der Waals surface area contributed by atoms with Crippen LogP contribution in [0.5, 0.6) is 0 Å². The maximum Gasteiger partial charge on any atom is 0.413 e. The van der Waals surface area contributed by atoms with Crippen LogP contribution in [0.3, 0.4) is 0 Å². The van der Waals surface area contributed by atoms with Crippen molar-refractivity contribution in [2.45, 2.75) is 38.1 Å². The molecule has 0 aliphatic rings. The predicted octanol–water partition coefficient (Wildman–Crippen LogP) is 5.60. The summed E-state index contributed by atoms with van der Waals surface area (Å²) in [6.07, 6.45) is -0.0221. The van der Waals surface area contributed by atoms with E-state index in [9.17, 15) is 23.2 Å². The minimum atomic E-state index is -0.984. The first-order valence-electron chi connectivity index (χ1n) is 12.0. The second-order valence-electron chi connectivity index (χ2n) is 8.48. The third kappa shape index (κ3) is 9.06. The van der Waals surface area contributed by atoms with Crippen LogP contribution in [0.15, 0.2) is 46.9 Å². The lowest BCUT2D eigenvalue weighted by atomic mass is 10.1. The fourth-order valence-electron chi connectivity index (χ4n) is 3.61. The number of aryl methyl sites for hydroxylation is 1. The SMILES string of the molecule is COC(=O)CCC[C@@H](COC(=O)Nc1nnc(-c2ccc(Br)cc2)s1)N(C)C(=O)CCc1cccc(F)c1F. The minimum absolute atomic E-state index is 0.000732. The maximum atomic E-state index is 14.0. The number of halogens is 3. The number of carbonyl (C=O) groups is 3. The second-order valence-corrected chi connectivity index (χ2v) is 10.4. The van der Waals surface area contributed by atoms with Crippen molar-refractivity contribution in [2.24, 2.45) is 0 Å². The van der Waals surface area contributed by atoms with Crippen molar-refractivity contribution in [3.8, 4) is 10.6 Å². The molecule has 0 spiro atoms. The Morgan fingerprint density at radius 3 is 2.56 bits per heavy atom. The molecule has 13 heteroatoms. The minimum Gasteiger partial charge on any atom is -0.469 e. The molecule has 2 aromatic carbocycles. The van der Waals surface area contributed by atoms with Crippen LogP contribution < -0.4 is 5.32 Å². The van der Waals surface area contributed by atoms with Gasteiger partial charge in [-0.3, -0.25) is 14.9 Å². The lowest BCUT2D eigenvalue weighted by Gasteiger charge is -2.28. The van der Waals surface area contributed by atoms with Gasteiger partial charge in [0.05, 0.1) is 13.2 Å². The number of carbonyl (C=O) groups excluding carboxylic acids is 3. The summed E-state index contributed by atoms with van der Waals surface area (Å²) in [5.41, 5.74) is 0.926. The highest BCUT2D eigenvalue weighted by atomic mass is 79.9. The first-order valence-corrected chi connectivity index (χ1v) is 13.6. The van der Waals surface area contributed by atoms with Crippen LogP contribution in [0.1, 0.15) is 31.2 Å². The molecule has 0 radical (unpaired) electrons. The van der Waals surface area contributed by atoms with E-state index in [1.165, 1.54) is 42.5 Å². The monoisotopic (exact) mass is 624 g/mol. The smallest absolute Gasteiger partial charge is 0.413 e. The van der Waals surface area contributed by atoms with E-state index in [-0.39, 0.29) is 42.5 Å². The molecule has 9 nitrogen and oxygen atoms in total. The van der Waals surface area contributed by atoms with Gasteiger partial charge in [-0.2, -0.15) is 0 Å². The number of anilines is 1. The van der Waals surface area contributed by atoms with Crippen LogP contribution in [-0.2, 0) is 25.5 Å². The number of aromatic nitrogens is 2. The van der Waals surface area contributed by atoms with Gasteiger partial charge in [0.2, 0.25) is 11.0 Å². The van der Waals surface area contributed by atoms with E-state index < -0.39 is 29.7 Å². The van der Waals surface area contributed by atoms with Gasteiger partial charge in [-0.05, 0) is 43.0 Å². The van der Waals surface area contributed by atoms with Crippen molar-refractivity contribution in [1.29, 1.82) is 0 Å². The van der Waals surface area contributed by atoms with E-state index in [2.05, 4.69) is 36.2 Å². The Morgan fingerprint density at radius 1 is 1.10 bits per heavy atom. The zero-order valence-corrected chi connectivity index (χ0v) is 23.7. The third-order valence-corrected chi connectivity index (χ3v) is 7.28. The molecule has 0 bridgehead atoms. The van der Waals surface area contributed by atoms with Crippen LogP contribution in [0.4, 0.5) is 18.7 Å². The lowest BCUT2D eigenvalue weighted by Crippen LogP contribution is -2.41. The van der Waals surface area contributed by atoms with Gasteiger partial charge < -0.3 is 14.4 Å². The zero-order chi connectivity index (χ0) is 28.4. The summed E-state index contributed by atoms with van der Waals surface area (Å²) in [4.78, 5) is 38.2. The predicted molar refractivity (Wildman–Crippen MR) is 145 cm³/mol. The van der Waals surface area contributed by atoms with E-state index in [0.29, 0.717) is 17.8 Å². The van der Waals surface area contributed by atoms with Crippen molar-refractivity contribution in [2.75, 3.05) is 26.1 Å². The number of methoxy groups -OCH3 is 1. The Kier molecular flexibility index (Phi) is 11.3. The number of likely N-dealkylation sites (N-methyl/N-ethyl adjacent to an activating group) is 1. The van der Waals surface area contributed by atoms with Crippen LogP contribution in [0.2, 0.25) is 0 Å². The summed E-state index contributed by atoms with van der Waals surface area (Å²) in [7, 11) is 2.81. The largest absolute Gasteiger partial charge is 0.469 e. The van der Waals surface area contributed by atoms with E-state index in [1.807, 2.05) is 24.3 Å². The van der Waals surface area contributed by atoms with Gasteiger partial charge in [0.1, 0.15) is 11.6 Å². The summed E-state index contributed by atoms with van der Waals surface area (Å²) >= 11 is 4.54. The molecule has 0 saturated carbocycles. The highest BCUT2D eigenvalue weighted by Crippen LogP contribution is 2.27. The van der Waals surface area contributed by atoms with Crippen molar-refractivity contribution in [1.82, 2.24) is 15.1 Å². The van der Waals surface area contributed by atoms with E-state index in [4.69, 9.17) is 4.74 Å². The molecule has 1 heterocycles. The Hall–Kier alpha value is -3.45. The zero-order valence-electron chi connectivity index (χ0n) is 21.3. The summed E-state index contributed by atoms with van der Waals surface area (Å²) in [5, 5.41) is 11.4. The Bertz CT molecular complexity index is 1290. The fraction of sp³-hybridized carbons (Fsp3) is 0.346. The standard InChI is InChI=1S/C26H27BrF2N4O5S/c1-33(21(34)14-11-16-5-3-7-20(28)23(16)29)19(6-4-8-22(35)37-2)15-38-26(36)30-25-32-31-24(39-25)17-9-12-18(27)13-10-17/h3,5,7,9-10,12-13,19H,4,6,8,11,14-15H2,1-2H3,(H,30,32,36)/t19-/m0/s1. The van der Waals surface area contributed by atoms with Crippen LogP contribution in [-0.4, -0.2) is 59.9 Å². The van der Waals surface area contributed by atoms with Gasteiger partial charge in [-0.1, -0.05) is 51.5 Å².